The third-order valence-electron chi connectivity index (χ3n) is 4.19. The summed E-state index contributed by atoms with van der Waals surface area (Å²) in [5.41, 5.74) is -2.25. The number of amides is 1. The van der Waals surface area contributed by atoms with E-state index in [1.807, 2.05) is 0 Å². The molecule has 0 saturated carbocycles. The first kappa shape index (κ1) is 21.8. The lowest BCUT2D eigenvalue weighted by atomic mass is 9.83. The van der Waals surface area contributed by atoms with Crippen LogP contribution in [0, 0.1) is 0 Å². The summed E-state index contributed by atoms with van der Waals surface area (Å²) >= 11 is 0. The number of fused-ring (bicyclic) bond motifs is 1. The first-order valence-corrected chi connectivity index (χ1v) is 7.67. The van der Waals surface area contributed by atoms with E-state index >= 15 is 0 Å². The van der Waals surface area contributed by atoms with Crippen molar-refractivity contribution in [2.45, 2.75) is 30.1 Å². The SMILES string of the molecule is NC(=O)[C@@](O)(c1ccc2cc(C(F)(F)F)c(=O)oc2c1)[C@@H](O)[C@H](O)[C@H](O)CO. The molecule has 0 bridgehead atoms. The van der Waals surface area contributed by atoms with Gasteiger partial charge in [0, 0.05) is 5.39 Å². The average molecular weight is 407 g/mol. The minimum atomic E-state index is -4.97. The van der Waals surface area contributed by atoms with Gasteiger partial charge in [-0.2, -0.15) is 13.2 Å². The minimum absolute atomic E-state index is 0.215. The number of primary amides is 1. The van der Waals surface area contributed by atoms with Crippen molar-refractivity contribution >= 4 is 16.9 Å². The van der Waals surface area contributed by atoms with Gasteiger partial charge in [0.2, 0.25) is 0 Å². The number of aliphatic hydroxyl groups is 5. The Labute approximate surface area is 154 Å². The molecule has 0 spiro atoms. The van der Waals surface area contributed by atoms with Gasteiger partial charge in [-0.25, -0.2) is 4.79 Å². The summed E-state index contributed by atoms with van der Waals surface area (Å²) in [6, 6.07) is 3.14. The van der Waals surface area contributed by atoms with Gasteiger partial charge in [-0.3, -0.25) is 4.79 Å². The summed E-state index contributed by atoms with van der Waals surface area (Å²) in [6.07, 6.45) is -11.6. The van der Waals surface area contributed by atoms with Gasteiger partial charge in [-0.05, 0) is 17.7 Å². The van der Waals surface area contributed by atoms with Crippen molar-refractivity contribution in [3.63, 3.8) is 0 Å². The molecule has 1 aromatic heterocycles. The molecule has 1 aromatic carbocycles. The van der Waals surface area contributed by atoms with E-state index in [-0.39, 0.29) is 5.39 Å². The van der Waals surface area contributed by atoms with Crippen molar-refractivity contribution in [3.05, 3.63) is 45.8 Å². The van der Waals surface area contributed by atoms with Crippen molar-refractivity contribution in [1.82, 2.24) is 0 Å². The number of rotatable bonds is 6. The Hall–Kier alpha value is -2.51. The standard InChI is InChI=1S/C16H16F3NO8/c17-16(18,19)8-3-6-1-2-7(4-10(6)28-13(8)25)15(27,14(20)26)12(24)11(23)9(22)5-21/h1-4,9,11-12,21-24,27H,5H2,(H2,20,26)/t9-,11-,12+,15-/m1/s1. The van der Waals surface area contributed by atoms with Crippen LogP contribution in [0.5, 0.6) is 0 Å². The summed E-state index contributed by atoms with van der Waals surface area (Å²) in [6.45, 7) is -1.03. The molecule has 1 heterocycles. The number of alkyl halides is 3. The van der Waals surface area contributed by atoms with Gasteiger partial charge in [0.1, 0.15) is 29.5 Å². The normalized spacial score (nSPS) is 17.7. The van der Waals surface area contributed by atoms with Crippen LogP contribution in [-0.4, -0.2) is 56.4 Å². The van der Waals surface area contributed by atoms with Crippen molar-refractivity contribution in [2.75, 3.05) is 6.61 Å². The quantitative estimate of drug-likeness (QED) is 0.316. The smallest absolute Gasteiger partial charge is 0.422 e. The molecule has 9 nitrogen and oxygen atoms in total. The van der Waals surface area contributed by atoms with Gasteiger partial charge in [0.15, 0.2) is 5.60 Å². The summed E-state index contributed by atoms with van der Waals surface area (Å²) in [5.74, 6) is -1.59. The summed E-state index contributed by atoms with van der Waals surface area (Å²) < 4.78 is 42.9. The van der Waals surface area contributed by atoms with Crippen LogP contribution in [-0.2, 0) is 16.6 Å². The lowest BCUT2D eigenvalue weighted by Crippen LogP contribution is -2.58. The monoisotopic (exact) mass is 407 g/mol. The van der Waals surface area contributed by atoms with Crippen molar-refractivity contribution in [2.24, 2.45) is 5.73 Å². The summed E-state index contributed by atoms with van der Waals surface area (Å²) in [5, 5.41) is 48.5. The van der Waals surface area contributed by atoms with Gasteiger partial charge < -0.3 is 35.7 Å². The van der Waals surface area contributed by atoms with Crippen molar-refractivity contribution in [3.8, 4) is 0 Å². The maximum absolute atomic E-state index is 12.8. The zero-order chi connectivity index (χ0) is 21.4. The van der Waals surface area contributed by atoms with Crippen LogP contribution in [0.3, 0.4) is 0 Å². The number of hydrogen-bond acceptors (Lipinski definition) is 8. The van der Waals surface area contributed by atoms with Gasteiger partial charge >= 0.3 is 11.8 Å². The molecule has 2 aromatic rings. The predicted octanol–water partition coefficient (Wildman–Crippen LogP) is -1.44. The molecule has 0 aliphatic carbocycles. The van der Waals surface area contributed by atoms with E-state index in [1.165, 1.54) is 0 Å². The zero-order valence-electron chi connectivity index (χ0n) is 13.9. The molecule has 0 aliphatic rings. The highest BCUT2D eigenvalue weighted by molar-refractivity contribution is 5.87. The molecule has 1 amide bonds. The number of carbonyl (C=O) groups excluding carboxylic acids is 1. The van der Waals surface area contributed by atoms with Crippen LogP contribution in [0.25, 0.3) is 11.0 Å². The van der Waals surface area contributed by atoms with Crippen molar-refractivity contribution < 1.29 is 47.9 Å². The largest absolute Gasteiger partial charge is 0.423 e. The van der Waals surface area contributed by atoms with Crippen LogP contribution in [0.2, 0.25) is 0 Å². The van der Waals surface area contributed by atoms with E-state index in [1.54, 1.807) is 0 Å². The summed E-state index contributed by atoms with van der Waals surface area (Å²) in [7, 11) is 0. The molecule has 0 saturated heterocycles. The van der Waals surface area contributed by atoms with E-state index in [4.69, 9.17) is 10.8 Å². The van der Waals surface area contributed by atoms with Crippen LogP contribution < -0.4 is 11.4 Å². The second-order valence-corrected chi connectivity index (χ2v) is 6.01. The molecule has 4 atom stereocenters. The third-order valence-corrected chi connectivity index (χ3v) is 4.19. The fraction of sp³-hybridized carbons (Fsp3) is 0.375. The number of aliphatic hydroxyl groups excluding tert-OH is 4. The van der Waals surface area contributed by atoms with E-state index in [2.05, 4.69) is 4.42 Å². The van der Waals surface area contributed by atoms with Crippen molar-refractivity contribution in [1.29, 1.82) is 0 Å². The Kier molecular flexibility index (Phi) is 5.82. The molecule has 0 aliphatic heterocycles. The fourth-order valence-electron chi connectivity index (χ4n) is 2.57. The number of halogens is 3. The highest BCUT2D eigenvalue weighted by Crippen LogP contribution is 2.32. The number of benzene rings is 1. The van der Waals surface area contributed by atoms with Gasteiger partial charge in [-0.1, -0.05) is 12.1 Å². The Morgan fingerprint density at radius 1 is 1.18 bits per heavy atom. The van der Waals surface area contributed by atoms with Crippen LogP contribution in [0.15, 0.2) is 33.5 Å². The molecule has 0 fully saturated rings. The van der Waals surface area contributed by atoms with E-state index in [0.29, 0.717) is 6.07 Å². The minimum Gasteiger partial charge on any atom is -0.422 e. The molecular weight excluding hydrogens is 391 g/mol. The van der Waals surface area contributed by atoms with Crippen LogP contribution in [0.1, 0.15) is 11.1 Å². The van der Waals surface area contributed by atoms with Crippen LogP contribution >= 0.6 is 0 Å². The highest BCUT2D eigenvalue weighted by atomic mass is 19.4. The molecular formula is C16H16F3NO8. The van der Waals surface area contributed by atoms with Gasteiger partial charge in [0.25, 0.3) is 5.91 Å². The zero-order valence-corrected chi connectivity index (χ0v) is 13.9. The second kappa shape index (κ2) is 7.48. The first-order chi connectivity index (χ1) is 12.8. The average Bonchev–Trinajstić information content (AvgIpc) is 2.63. The lowest BCUT2D eigenvalue weighted by molar-refractivity contribution is -0.176. The van der Waals surface area contributed by atoms with Gasteiger partial charge in [-0.15, -0.1) is 0 Å². The number of nitrogens with two attached hydrogens (primary N) is 1. The molecule has 0 unspecified atom stereocenters. The Morgan fingerprint density at radius 2 is 1.79 bits per heavy atom. The van der Waals surface area contributed by atoms with E-state index in [9.17, 15) is 43.2 Å². The predicted molar refractivity (Wildman–Crippen MR) is 85.7 cm³/mol. The highest BCUT2D eigenvalue weighted by Gasteiger charge is 2.49. The van der Waals surface area contributed by atoms with Crippen LogP contribution in [0.4, 0.5) is 13.2 Å². The van der Waals surface area contributed by atoms with E-state index in [0.717, 1.165) is 18.2 Å². The third kappa shape index (κ3) is 3.72. The number of hydrogen-bond donors (Lipinski definition) is 6. The summed E-state index contributed by atoms with van der Waals surface area (Å²) in [4.78, 5) is 23.3. The Balaban J connectivity index is 2.63. The lowest BCUT2D eigenvalue weighted by Gasteiger charge is -2.34. The fourth-order valence-corrected chi connectivity index (χ4v) is 2.57. The Bertz CT molecular complexity index is 944. The van der Waals surface area contributed by atoms with E-state index < -0.39 is 64.9 Å². The second-order valence-electron chi connectivity index (χ2n) is 6.01. The molecule has 0 radical (unpaired) electrons. The van der Waals surface area contributed by atoms with Gasteiger partial charge in [0.05, 0.1) is 6.61 Å². The Morgan fingerprint density at radius 3 is 2.29 bits per heavy atom. The maximum Gasteiger partial charge on any atom is 0.423 e. The topological polar surface area (TPSA) is 174 Å². The molecule has 154 valence electrons. The number of carbonyl (C=O) groups is 1. The maximum atomic E-state index is 12.8. The molecule has 2 rings (SSSR count). The first-order valence-electron chi connectivity index (χ1n) is 7.67. The molecule has 12 heteroatoms. The molecule has 28 heavy (non-hydrogen) atoms. The molecule has 7 N–H and O–H groups in total.